The molecule has 0 bridgehead atoms. The molecule has 35 heavy (non-hydrogen) atoms. The summed E-state index contributed by atoms with van der Waals surface area (Å²) in [5, 5.41) is 7.49. The second kappa shape index (κ2) is 9.18. The lowest BCUT2D eigenvalue weighted by Gasteiger charge is -2.40. The van der Waals surface area contributed by atoms with Gasteiger partial charge in [0.15, 0.2) is 0 Å². The van der Waals surface area contributed by atoms with Gasteiger partial charge < -0.3 is 9.47 Å². The Morgan fingerprint density at radius 2 is 1.86 bits per heavy atom. The van der Waals surface area contributed by atoms with Gasteiger partial charge >= 0.3 is 6.18 Å². The highest BCUT2D eigenvalue weighted by atomic mass is 19.4. The van der Waals surface area contributed by atoms with Gasteiger partial charge in [0.1, 0.15) is 11.6 Å². The first kappa shape index (κ1) is 23.1. The van der Waals surface area contributed by atoms with E-state index < -0.39 is 11.7 Å². The van der Waals surface area contributed by atoms with Crippen LogP contribution in [0.5, 0.6) is 0 Å². The summed E-state index contributed by atoms with van der Waals surface area (Å²) in [7, 11) is 0. The van der Waals surface area contributed by atoms with Gasteiger partial charge in [-0.1, -0.05) is 12.1 Å². The molecule has 0 aliphatic carbocycles. The molecule has 4 aromatic rings. The van der Waals surface area contributed by atoms with Crippen molar-refractivity contribution in [2.75, 3.05) is 24.5 Å². The molecular formula is C25H26F3N7. The topological polar surface area (TPSA) is 65.9 Å². The lowest BCUT2D eigenvalue weighted by Crippen LogP contribution is -2.51. The Balaban J connectivity index is 1.25. The average molecular weight is 482 g/mol. The van der Waals surface area contributed by atoms with Crippen LogP contribution in [0.15, 0.2) is 61.2 Å². The second-order valence-electron chi connectivity index (χ2n) is 8.83. The third-order valence-corrected chi connectivity index (χ3v) is 6.44. The van der Waals surface area contributed by atoms with Gasteiger partial charge in [-0.05, 0) is 38.1 Å². The fourth-order valence-corrected chi connectivity index (χ4v) is 4.60. The van der Waals surface area contributed by atoms with E-state index in [0.29, 0.717) is 12.4 Å². The molecule has 1 N–H and O–H groups in total. The summed E-state index contributed by atoms with van der Waals surface area (Å²) in [4.78, 5) is 12.7. The zero-order chi connectivity index (χ0) is 24.6. The maximum atomic E-state index is 12.9. The highest BCUT2D eigenvalue weighted by molar-refractivity contribution is 5.64. The number of alkyl halides is 3. The predicted molar refractivity (Wildman–Crippen MR) is 127 cm³/mol. The van der Waals surface area contributed by atoms with E-state index in [2.05, 4.69) is 61.2 Å². The number of aromatic nitrogens is 5. The zero-order valence-corrected chi connectivity index (χ0v) is 19.5. The van der Waals surface area contributed by atoms with Crippen LogP contribution >= 0.6 is 0 Å². The van der Waals surface area contributed by atoms with Gasteiger partial charge in [-0.2, -0.15) is 18.3 Å². The van der Waals surface area contributed by atoms with Crippen LogP contribution in [0.2, 0.25) is 0 Å². The van der Waals surface area contributed by atoms with Crippen LogP contribution in [0, 0.1) is 6.92 Å². The van der Waals surface area contributed by atoms with Crippen molar-refractivity contribution in [3.63, 3.8) is 0 Å². The number of hydrogen-bond donors (Lipinski definition) is 1. The molecule has 1 aromatic carbocycles. The first-order valence-electron chi connectivity index (χ1n) is 11.5. The first-order chi connectivity index (χ1) is 16.8. The molecule has 7 nitrogen and oxygen atoms in total. The van der Waals surface area contributed by atoms with E-state index in [1.54, 1.807) is 6.20 Å². The maximum Gasteiger partial charge on any atom is 0.417 e. The molecule has 0 saturated carbocycles. The number of imidazole rings is 1. The average Bonchev–Trinajstić information content (AvgIpc) is 3.48. The summed E-state index contributed by atoms with van der Waals surface area (Å²) in [6.07, 6.45) is 2.18. The molecule has 0 amide bonds. The van der Waals surface area contributed by atoms with Gasteiger partial charge in [0.05, 0.1) is 11.3 Å². The highest BCUT2D eigenvalue weighted by Gasteiger charge is 2.32. The number of anilines is 1. The maximum absolute atomic E-state index is 12.9. The Morgan fingerprint density at radius 1 is 1.06 bits per heavy atom. The number of rotatable bonds is 5. The molecule has 1 aliphatic rings. The van der Waals surface area contributed by atoms with E-state index in [1.165, 1.54) is 6.07 Å². The molecular weight excluding hydrogens is 455 g/mol. The van der Waals surface area contributed by atoms with E-state index in [4.69, 9.17) is 0 Å². The number of nitrogens with one attached hydrogen (secondary N) is 1. The van der Waals surface area contributed by atoms with Crippen molar-refractivity contribution in [2.24, 2.45) is 0 Å². The molecule has 1 saturated heterocycles. The molecule has 182 valence electrons. The Bertz CT molecular complexity index is 1280. The number of aromatic amines is 1. The minimum absolute atomic E-state index is 0.112. The molecule has 10 heteroatoms. The van der Waals surface area contributed by atoms with Crippen LogP contribution in [0.25, 0.3) is 16.9 Å². The Kier molecular flexibility index (Phi) is 6.06. The number of pyridine rings is 1. The first-order valence-corrected chi connectivity index (χ1v) is 11.5. The van der Waals surface area contributed by atoms with E-state index in [9.17, 15) is 13.2 Å². The summed E-state index contributed by atoms with van der Waals surface area (Å²) in [5.74, 6) is 1.50. The molecule has 4 heterocycles. The Labute approximate surface area is 201 Å². The van der Waals surface area contributed by atoms with Crippen molar-refractivity contribution in [3.8, 4) is 16.9 Å². The number of halogens is 3. The number of aryl methyl sites for hydroxylation is 1. The van der Waals surface area contributed by atoms with Gasteiger partial charge in [-0.15, -0.1) is 0 Å². The van der Waals surface area contributed by atoms with E-state index in [1.807, 2.05) is 23.9 Å². The minimum atomic E-state index is -4.38. The largest absolute Gasteiger partial charge is 0.417 e. The fraction of sp³-hybridized carbons (Fsp3) is 0.320. The second-order valence-corrected chi connectivity index (χ2v) is 8.83. The van der Waals surface area contributed by atoms with Crippen molar-refractivity contribution in [2.45, 2.75) is 32.6 Å². The lowest BCUT2D eigenvalue weighted by molar-refractivity contribution is -0.137. The van der Waals surface area contributed by atoms with Crippen LogP contribution in [0.4, 0.5) is 19.0 Å². The highest BCUT2D eigenvalue weighted by Crippen LogP contribution is 2.30. The molecule has 1 fully saturated rings. The van der Waals surface area contributed by atoms with Crippen LogP contribution in [-0.4, -0.2) is 55.3 Å². The number of benzene rings is 1. The van der Waals surface area contributed by atoms with Gasteiger partial charge in [0, 0.05) is 73.8 Å². The monoisotopic (exact) mass is 481 g/mol. The van der Waals surface area contributed by atoms with Gasteiger partial charge in [0.25, 0.3) is 0 Å². The summed E-state index contributed by atoms with van der Waals surface area (Å²) < 4.78 is 40.6. The Hall–Kier alpha value is -3.66. The molecule has 3 aromatic heterocycles. The lowest BCUT2D eigenvalue weighted by atomic mass is 10.1. The van der Waals surface area contributed by atoms with Gasteiger partial charge in [-0.25, -0.2) is 9.97 Å². The van der Waals surface area contributed by atoms with Gasteiger partial charge in [0.2, 0.25) is 0 Å². The van der Waals surface area contributed by atoms with Gasteiger partial charge in [-0.3, -0.25) is 10.00 Å². The predicted octanol–water partition coefficient (Wildman–Crippen LogP) is 4.70. The van der Waals surface area contributed by atoms with Crippen molar-refractivity contribution in [3.05, 3.63) is 78.1 Å². The number of H-pyrrole nitrogens is 1. The van der Waals surface area contributed by atoms with Crippen molar-refractivity contribution in [1.29, 1.82) is 0 Å². The normalized spacial score (nSPS) is 17.2. The molecule has 0 unspecified atom stereocenters. The van der Waals surface area contributed by atoms with E-state index in [0.717, 1.165) is 60.2 Å². The van der Waals surface area contributed by atoms with Crippen molar-refractivity contribution < 1.29 is 13.2 Å². The zero-order valence-electron chi connectivity index (χ0n) is 19.5. The van der Waals surface area contributed by atoms with Crippen molar-refractivity contribution in [1.82, 2.24) is 29.6 Å². The number of piperazine rings is 1. The van der Waals surface area contributed by atoms with Crippen molar-refractivity contribution >= 4 is 5.82 Å². The summed E-state index contributed by atoms with van der Waals surface area (Å²) in [5.41, 5.74) is 3.36. The molecule has 0 spiro atoms. The fourth-order valence-electron chi connectivity index (χ4n) is 4.60. The standard InChI is InChI=1S/C25H26F3N7/c1-17-15-33(11-12-34(17)23-8-5-21(14-30-23)25(26,27)28)16-20-13-31-32-24(20)19-3-6-22(7-4-19)35-10-9-29-18(35)2/h3-10,13-14,17H,11-12,15-16H2,1-2H3,(H,31,32)/t17-/m1/s1. The number of nitrogens with zero attached hydrogens (tertiary/aromatic N) is 6. The third kappa shape index (κ3) is 4.79. The molecule has 1 aliphatic heterocycles. The summed E-state index contributed by atoms with van der Waals surface area (Å²) in [6.45, 7) is 6.99. The smallest absolute Gasteiger partial charge is 0.351 e. The van der Waals surface area contributed by atoms with Crippen LogP contribution in [0.3, 0.4) is 0 Å². The Morgan fingerprint density at radius 3 is 2.49 bits per heavy atom. The minimum Gasteiger partial charge on any atom is -0.351 e. The quantitative estimate of drug-likeness (QED) is 0.448. The summed E-state index contributed by atoms with van der Waals surface area (Å²) in [6, 6.07) is 10.9. The third-order valence-electron chi connectivity index (χ3n) is 6.44. The molecule has 0 radical (unpaired) electrons. The van der Waals surface area contributed by atoms with E-state index >= 15 is 0 Å². The van der Waals surface area contributed by atoms with E-state index in [-0.39, 0.29) is 6.04 Å². The molecule has 5 rings (SSSR count). The molecule has 1 atom stereocenters. The number of hydrogen-bond acceptors (Lipinski definition) is 5. The summed E-state index contributed by atoms with van der Waals surface area (Å²) >= 11 is 0. The van der Waals surface area contributed by atoms with Crippen LogP contribution < -0.4 is 4.90 Å². The van der Waals surface area contributed by atoms with Crippen LogP contribution in [0.1, 0.15) is 23.9 Å². The SMILES string of the molecule is Cc1nccn1-c1ccc(-c2n[nH]cc2CN2CCN(c3ccc(C(F)(F)F)cn3)[C@H](C)C2)cc1. The van der Waals surface area contributed by atoms with Crippen LogP contribution in [-0.2, 0) is 12.7 Å².